The average molecular weight is 333 g/mol. The minimum atomic E-state index is 0.609. The fraction of sp³-hybridized carbons (Fsp3) is 0.700. The van der Waals surface area contributed by atoms with Crippen molar-refractivity contribution in [2.24, 2.45) is 11.0 Å². The van der Waals surface area contributed by atoms with Gasteiger partial charge in [-0.1, -0.05) is 46.0 Å². The number of nitrogens with zero attached hydrogens (tertiary/aromatic N) is 2. The second-order valence-electron chi connectivity index (χ2n) is 6.91. The molecule has 2 N–H and O–H groups in total. The Morgan fingerprint density at radius 1 is 1.17 bits per heavy atom. The molecule has 2 rings (SSSR count). The molecule has 0 bridgehead atoms. The highest BCUT2D eigenvalue weighted by molar-refractivity contribution is 5.61. The number of rotatable bonds is 9. The average Bonchev–Trinajstić information content (AvgIpc) is 2.91. The summed E-state index contributed by atoms with van der Waals surface area (Å²) in [6, 6.07) is 6.24. The molecule has 0 aromatic heterocycles. The van der Waals surface area contributed by atoms with Crippen molar-refractivity contribution in [3.05, 3.63) is 18.2 Å². The molecule has 1 aromatic rings. The third-order valence-corrected chi connectivity index (χ3v) is 5.07. The first-order chi connectivity index (χ1) is 11.8. The summed E-state index contributed by atoms with van der Waals surface area (Å²) in [5.41, 5.74) is 7.54. The highest BCUT2D eigenvalue weighted by atomic mass is 16.5. The van der Waals surface area contributed by atoms with E-state index in [2.05, 4.69) is 36.0 Å². The van der Waals surface area contributed by atoms with Crippen molar-refractivity contribution in [3.8, 4) is 5.75 Å². The fourth-order valence-corrected chi connectivity index (χ4v) is 3.36. The lowest BCUT2D eigenvalue weighted by molar-refractivity contribution is -0.210. The van der Waals surface area contributed by atoms with Crippen LogP contribution in [0.3, 0.4) is 0 Å². The van der Waals surface area contributed by atoms with E-state index in [0.29, 0.717) is 5.92 Å². The molecule has 1 atom stereocenters. The third-order valence-electron chi connectivity index (χ3n) is 5.07. The van der Waals surface area contributed by atoms with Gasteiger partial charge >= 0.3 is 0 Å². The Kier molecular flexibility index (Phi) is 8.06. The third kappa shape index (κ3) is 5.50. The molecule has 0 aliphatic carbocycles. The van der Waals surface area contributed by atoms with Crippen LogP contribution in [0.25, 0.3) is 0 Å². The molecule has 1 aromatic carbocycles. The summed E-state index contributed by atoms with van der Waals surface area (Å²) in [4.78, 5) is 2.47. The number of unbranched alkanes of at least 4 members (excludes halogenated alkanes) is 1. The van der Waals surface area contributed by atoms with Crippen LogP contribution in [0.2, 0.25) is 0 Å². The van der Waals surface area contributed by atoms with Gasteiger partial charge in [-0.25, -0.2) is 0 Å². The Bertz CT molecular complexity index is 496. The van der Waals surface area contributed by atoms with E-state index in [1.165, 1.54) is 50.6 Å². The van der Waals surface area contributed by atoms with Crippen molar-refractivity contribution in [2.45, 2.75) is 65.2 Å². The van der Waals surface area contributed by atoms with Crippen LogP contribution in [0.1, 0.15) is 65.2 Å². The summed E-state index contributed by atoms with van der Waals surface area (Å²) >= 11 is 0. The molecule has 1 aliphatic rings. The van der Waals surface area contributed by atoms with Crippen molar-refractivity contribution in [1.82, 2.24) is 0 Å². The van der Waals surface area contributed by atoms with E-state index in [0.717, 1.165) is 37.6 Å². The number of ether oxygens (including phenoxy) is 1. The summed E-state index contributed by atoms with van der Waals surface area (Å²) < 4.78 is 6.14. The summed E-state index contributed by atoms with van der Waals surface area (Å²) in [7, 11) is 0. The molecular weight excluding hydrogens is 298 g/mol. The summed E-state index contributed by atoms with van der Waals surface area (Å²) in [5.74, 6) is 1.44. The lowest BCUT2D eigenvalue weighted by Crippen LogP contribution is -2.24. The van der Waals surface area contributed by atoms with Crippen LogP contribution in [0.15, 0.2) is 23.3 Å². The van der Waals surface area contributed by atoms with E-state index in [4.69, 9.17) is 10.3 Å². The molecule has 4 nitrogen and oxygen atoms in total. The van der Waals surface area contributed by atoms with Crippen molar-refractivity contribution in [2.75, 3.05) is 24.6 Å². The Morgan fingerprint density at radius 3 is 2.54 bits per heavy atom. The molecule has 0 spiro atoms. The van der Waals surface area contributed by atoms with Gasteiger partial charge in [0.1, 0.15) is 0 Å². The van der Waals surface area contributed by atoms with Crippen LogP contribution in [-0.2, 0) is 0 Å². The van der Waals surface area contributed by atoms with Crippen LogP contribution < -0.4 is 15.2 Å². The van der Waals surface area contributed by atoms with E-state index < -0.39 is 0 Å². The molecule has 1 saturated heterocycles. The van der Waals surface area contributed by atoms with Gasteiger partial charge in [0.05, 0.1) is 6.61 Å². The predicted octanol–water partition coefficient (Wildman–Crippen LogP) is 4.51. The molecule has 0 radical (unpaired) electrons. The van der Waals surface area contributed by atoms with E-state index >= 15 is 0 Å². The molecular formula is C20H34N3O+. The van der Waals surface area contributed by atoms with Gasteiger partial charge in [0.25, 0.3) is 0 Å². The van der Waals surface area contributed by atoms with Gasteiger partial charge in [-0.3, -0.25) is 0 Å². The number of nitrogens with two attached hydrogens (primary N) is 1. The zero-order chi connectivity index (χ0) is 17.2. The quantitative estimate of drug-likeness (QED) is 0.677. The lowest BCUT2D eigenvalue weighted by Gasteiger charge is -2.24. The van der Waals surface area contributed by atoms with Gasteiger partial charge in [0, 0.05) is 24.8 Å². The first-order valence-corrected chi connectivity index (χ1v) is 9.71. The van der Waals surface area contributed by atoms with E-state index in [9.17, 15) is 0 Å². The molecule has 0 saturated carbocycles. The topological polar surface area (TPSA) is 50.4 Å². The van der Waals surface area contributed by atoms with Crippen molar-refractivity contribution < 1.29 is 10.3 Å². The number of hydrogen-bond acceptors (Lipinski definition) is 3. The Balaban J connectivity index is 2.06. The van der Waals surface area contributed by atoms with Gasteiger partial charge in [0.15, 0.2) is 11.4 Å². The Morgan fingerprint density at radius 2 is 1.92 bits per heavy atom. The second kappa shape index (κ2) is 10.3. The maximum absolute atomic E-state index is 6.14. The Hall–Kier alpha value is -1.58. The van der Waals surface area contributed by atoms with Crippen LogP contribution in [0.4, 0.5) is 11.4 Å². The number of hydrogen-bond donors (Lipinski definition) is 1. The molecule has 1 aliphatic heterocycles. The van der Waals surface area contributed by atoms with E-state index in [1.54, 1.807) is 0 Å². The first-order valence-electron chi connectivity index (χ1n) is 9.71. The van der Waals surface area contributed by atoms with Crippen LogP contribution >= 0.6 is 0 Å². The normalized spacial score (nSPS) is 16.5. The zero-order valence-corrected chi connectivity index (χ0v) is 15.5. The monoisotopic (exact) mass is 332 g/mol. The number of benzene rings is 1. The lowest BCUT2D eigenvalue weighted by atomic mass is 10.0. The molecule has 0 amide bonds. The standard InChI is InChI=1S/C20H33N3O/c1-3-5-10-17(4-2)16-24-20-15-18(11-12-19(20)22-21)23-13-8-6-7-9-14-23/h11-12,15,17,21H,3-10,13-14,16H2,1-2H3/p+1. The molecule has 1 fully saturated rings. The largest absolute Gasteiger partial charge is 0.491 e. The summed E-state index contributed by atoms with van der Waals surface area (Å²) in [6.45, 7) is 7.50. The smallest absolute Gasteiger partial charge is 0.171 e. The molecule has 134 valence electrons. The van der Waals surface area contributed by atoms with Gasteiger partial charge in [0.2, 0.25) is 0 Å². The molecule has 24 heavy (non-hydrogen) atoms. The van der Waals surface area contributed by atoms with Crippen molar-refractivity contribution in [1.29, 1.82) is 0 Å². The molecule has 1 unspecified atom stereocenters. The molecule has 4 heteroatoms. The second-order valence-corrected chi connectivity index (χ2v) is 6.91. The highest BCUT2D eigenvalue weighted by Crippen LogP contribution is 2.33. The minimum Gasteiger partial charge on any atom is -0.491 e. The highest BCUT2D eigenvalue weighted by Gasteiger charge is 2.15. The Labute approximate surface area is 147 Å². The van der Waals surface area contributed by atoms with Crippen LogP contribution in [-0.4, -0.2) is 19.7 Å². The van der Waals surface area contributed by atoms with Crippen molar-refractivity contribution in [3.63, 3.8) is 0 Å². The van der Waals surface area contributed by atoms with Crippen LogP contribution in [0.5, 0.6) is 5.75 Å². The number of anilines is 1. The maximum Gasteiger partial charge on any atom is 0.171 e. The summed E-state index contributed by atoms with van der Waals surface area (Å²) in [5, 5.41) is 3.90. The SMILES string of the molecule is CCCCC(CC)COc1cc(N2CCCCCC2)ccc1N=[NH2+]. The van der Waals surface area contributed by atoms with E-state index in [1.807, 2.05) is 6.07 Å². The molecule has 1 heterocycles. The maximum atomic E-state index is 6.14. The van der Waals surface area contributed by atoms with Gasteiger partial charge in [-0.2, -0.15) is 5.53 Å². The fourth-order valence-electron chi connectivity index (χ4n) is 3.36. The van der Waals surface area contributed by atoms with Gasteiger partial charge in [-0.15, -0.1) is 0 Å². The van der Waals surface area contributed by atoms with Gasteiger partial charge in [-0.05, 0) is 42.4 Å². The van der Waals surface area contributed by atoms with Gasteiger partial charge < -0.3 is 9.64 Å². The summed E-state index contributed by atoms with van der Waals surface area (Å²) in [6.07, 6.45) is 10.1. The van der Waals surface area contributed by atoms with Crippen LogP contribution in [0, 0.1) is 5.92 Å². The van der Waals surface area contributed by atoms with E-state index in [-0.39, 0.29) is 0 Å². The minimum absolute atomic E-state index is 0.609. The zero-order valence-electron chi connectivity index (χ0n) is 15.5. The van der Waals surface area contributed by atoms with Crippen molar-refractivity contribution >= 4 is 11.4 Å². The predicted molar refractivity (Wildman–Crippen MR) is 99.9 cm³/mol. The first kappa shape index (κ1) is 18.8.